The molecule has 1 aromatic heterocycles. The van der Waals surface area contributed by atoms with Gasteiger partial charge in [-0.3, -0.25) is 13.7 Å². The summed E-state index contributed by atoms with van der Waals surface area (Å²) in [6, 6.07) is 8.01. The molecule has 0 bridgehead atoms. The number of aromatic nitrogens is 2. The minimum Gasteiger partial charge on any atom is -0.399 e. The van der Waals surface area contributed by atoms with E-state index in [1.807, 2.05) is 0 Å². The molecule has 39 heavy (non-hydrogen) atoms. The predicted octanol–water partition coefficient (Wildman–Crippen LogP) is 2.50. The Morgan fingerprint density at radius 3 is 2.08 bits per heavy atom. The fraction of sp³-hybridized carbons (Fsp3) is 0.111. The molecule has 0 saturated heterocycles. The first-order chi connectivity index (χ1) is 17.8. The summed E-state index contributed by atoms with van der Waals surface area (Å²) in [5, 5.41) is 12.6. The average molecular weight is 612 g/mol. The third-order valence-electron chi connectivity index (χ3n) is 3.91. The van der Waals surface area contributed by atoms with Crippen molar-refractivity contribution < 1.29 is 47.7 Å². The van der Waals surface area contributed by atoms with E-state index in [9.17, 15) is 38.6 Å². The quantitative estimate of drug-likeness (QED) is 0.0703. The van der Waals surface area contributed by atoms with Crippen molar-refractivity contribution in [3.63, 3.8) is 0 Å². The Balaban J connectivity index is 0.000000976. The van der Waals surface area contributed by atoms with E-state index in [-0.39, 0.29) is 34.3 Å². The van der Waals surface area contributed by atoms with Crippen molar-refractivity contribution in [2.75, 3.05) is 28.5 Å². The lowest BCUT2D eigenvalue weighted by Gasteiger charge is -2.10. The summed E-state index contributed by atoms with van der Waals surface area (Å²) in [5.74, 6) is -2.32. The molecule has 212 valence electrons. The highest BCUT2D eigenvalue weighted by Crippen LogP contribution is 2.33. The van der Waals surface area contributed by atoms with Crippen molar-refractivity contribution in [1.82, 2.24) is 9.97 Å². The van der Waals surface area contributed by atoms with Crippen molar-refractivity contribution in [1.29, 1.82) is 0 Å². The monoisotopic (exact) mass is 611 g/mol. The second-order valence-electron chi connectivity index (χ2n) is 7.24. The predicted molar refractivity (Wildman–Crippen MR) is 134 cm³/mol. The lowest BCUT2D eigenvalue weighted by atomic mass is 10.2. The van der Waals surface area contributed by atoms with Gasteiger partial charge in [0, 0.05) is 17.4 Å². The molecule has 16 nitrogen and oxygen atoms in total. The molecule has 0 spiro atoms. The molecule has 0 fully saturated rings. The van der Waals surface area contributed by atoms with Crippen molar-refractivity contribution in [2.45, 2.75) is 4.90 Å². The smallest absolute Gasteiger partial charge is 0.313 e. The molecule has 0 aliphatic carbocycles. The lowest BCUT2D eigenvalue weighted by Crippen LogP contribution is -2.13. The zero-order valence-corrected chi connectivity index (χ0v) is 21.8. The van der Waals surface area contributed by atoms with Gasteiger partial charge in [0.05, 0.1) is 11.9 Å². The second kappa shape index (κ2) is 12.3. The van der Waals surface area contributed by atoms with Crippen LogP contribution in [0.25, 0.3) is 0 Å². The first kappa shape index (κ1) is 31.3. The van der Waals surface area contributed by atoms with Crippen LogP contribution in [0.4, 0.5) is 43.0 Å². The summed E-state index contributed by atoms with van der Waals surface area (Å²) in [6.45, 7) is 0. The van der Waals surface area contributed by atoms with E-state index in [0.717, 1.165) is 18.2 Å². The highest BCUT2D eigenvalue weighted by atomic mass is 32.2. The molecule has 2 aromatic carbocycles. The summed E-state index contributed by atoms with van der Waals surface area (Å²) in [4.78, 5) is 5.54. The van der Waals surface area contributed by atoms with Gasteiger partial charge in [0.2, 0.25) is 5.95 Å². The van der Waals surface area contributed by atoms with Crippen molar-refractivity contribution in [2.24, 2.45) is 10.2 Å². The number of nitrogens with zero attached hydrogens (tertiary/aromatic N) is 4. The number of nitrogens with one attached hydrogen (secondary N) is 2. The van der Waals surface area contributed by atoms with Crippen molar-refractivity contribution >= 4 is 64.6 Å². The van der Waals surface area contributed by atoms with Crippen LogP contribution in [-0.4, -0.2) is 61.0 Å². The van der Waals surface area contributed by atoms with E-state index in [1.165, 1.54) is 24.3 Å². The molecular formula is C18H19F2N7O9S3. The first-order valence-electron chi connectivity index (χ1n) is 9.81. The van der Waals surface area contributed by atoms with Crippen LogP contribution in [0.1, 0.15) is 0 Å². The Labute approximate surface area is 220 Å². The lowest BCUT2D eigenvalue weighted by molar-refractivity contribution is 0.481. The van der Waals surface area contributed by atoms with Crippen molar-refractivity contribution in [3.8, 4) is 0 Å². The Hall–Kier alpha value is -3.89. The van der Waals surface area contributed by atoms with Crippen LogP contribution < -0.4 is 16.4 Å². The maximum absolute atomic E-state index is 13.3. The summed E-state index contributed by atoms with van der Waals surface area (Å²) in [6.07, 6.45) is -0.627. The van der Waals surface area contributed by atoms with E-state index in [1.54, 1.807) is 0 Å². The fourth-order valence-corrected chi connectivity index (χ4v) is 3.49. The molecule has 0 atom stereocenters. The Kier molecular flexibility index (Phi) is 9.89. The highest BCUT2D eigenvalue weighted by molar-refractivity contribution is 7.86. The normalized spacial score (nSPS) is 12.1. The van der Waals surface area contributed by atoms with Gasteiger partial charge in [-0.05, 0) is 36.4 Å². The summed E-state index contributed by atoms with van der Waals surface area (Å²) < 4.78 is 116. The van der Waals surface area contributed by atoms with Gasteiger partial charge in [0.15, 0.2) is 0 Å². The van der Waals surface area contributed by atoms with Crippen LogP contribution in [0.15, 0.2) is 57.6 Å². The molecule has 7 N–H and O–H groups in total. The average Bonchev–Trinajstić information content (AvgIpc) is 2.74. The number of benzene rings is 2. The number of azo groups is 1. The van der Waals surface area contributed by atoms with E-state index in [2.05, 4.69) is 30.8 Å². The van der Waals surface area contributed by atoms with Crippen LogP contribution in [0.5, 0.6) is 0 Å². The van der Waals surface area contributed by atoms with Gasteiger partial charge in [-0.15, -0.1) is 10.2 Å². The minimum atomic E-state index is -4.76. The third-order valence-corrected chi connectivity index (χ3v) is 5.32. The number of hydrogen-bond donors (Lipinski definition) is 6. The zero-order chi connectivity index (χ0) is 29.6. The highest BCUT2D eigenvalue weighted by Gasteiger charge is 2.17. The van der Waals surface area contributed by atoms with Gasteiger partial charge < -0.3 is 16.4 Å². The molecule has 21 heteroatoms. The molecule has 0 saturated carbocycles. The summed E-state index contributed by atoms with van der Waals surface area (Å²) in [5.41, 5.74) is 5.59. The summed E-state index contributed by atoms with van der Waals surface area (Å²) in [7, 11) is -12.8. The number of nitrogens with two attached hydrogens (primary N) is 1. The maximum atomic E-state index is 13.3. The Morgan fingerprint density at radius 1 is 0.897 bits per heavy atom. The van der Waals surface area contributed by atoms with Crippen molar-refractivity contribution in [3.05, 3.63) is 54.5 Å². The molecular weight excluding hydrogens is 592 g/mol. The third kappa shape index (κ3) is 11.6. The van der Waals surface area contributed by atoms with Gasteiger partial charge in [-0.2, -0.15) is 44.0 Å². The first-order valence-corrected chi connectivity index (χ1v) is 14.7. The molecule has 3 rings (SSSR count). The maximum Gasteiger partial charge on any atom is 0.313 e. The van der Waals surface area contributed by atoms with Crippen LogP contribution in [0.2, 0.25) is 0 Å². The molecule has 0 radical (unpaired) electrons. The number of nitrogen functional groups attached to an aromatic ring is 1. The molecule has 0 aliphatic rings. The molecule has 0 amide bonds. The van der Waals surface area contributed by atoms with E-state index in [4.69, 9.17) is 14.8 Å². The van der Waals surface area contributed by atoms with E-state index < -0.39 is 53.2 Å². The summed E-state index contributed by atoms with van der Waals surface area (Å²) >= 11 is 0. The number of halogens is 2. The van der Waals surface area contributed by atoms with Crippen LogP contribution in [0, 0.1) is 12.0 Å². The second-order valence-corrected chi connectivity index (χ2v) is 11.5. The number of anilines is 4. The van der Waals surface area contributed by atoms with Crippen LogP contribution in [-0.2, 0) is 30.4 Å². The SMILES string of the molecule is CS(=O)(=O)O.Nc1ccc(N=Nc2cc(Nc3cc(F)nc(F)n3)ccc2S(=O)(=O)O)c(NCS(=O)(=O)O)c1. The molecule has 0 unspecified atom stereocenters. The van der Waals surface area contributed by atoms with Crippen LogP contribution in [0.3, 0.4) is 0 Å². The van der Waals surface area contributed by atoms with Gasteiger partial charge in [0.25, 0.3) is 30.4 Å². The van der Waals surface area contributed by atoms with Gasteiger partial charge in [-0.1, -0.05) is 0 Å². The Bertz CT molecular complexity index is 1690. The largest absolute Gasteiger partial charge is 0.399 e. The molecule has 1 heterocycles. The molecule has 3 aromatic rings. The topological polar surface area (TPSA) is 264 Å². The Morgan fingerprint density at radius 2 is 1.51 bits per heavy atom. The molecule has 0 aliphatic heterocycles. The van der Waals surface area contributed by atoms with Gasteiger partial charge >= 0.3 is 6.08 Å². The van der Waals surface area contributed by atoms with Crippen LogP contribution >= 0.6 is 0 Å². The van der Waals surface area contributed by atoms with Gasteiger partial charge in [0.1, 0.15) is 28.0 Å². The van der Waals surface area contributed by atoms with E-state index >= 15 is 0 Å². The zero-order valence-electron chi connectivity index (χ0n) is 19.4. The standard InChI is InChI=1S/C17H15F2N7O6S2.CH4O3S/c18-15-7-16(24-17(19)23-15)22-10-2-4-14(34(30,31)32)13(6-10)26-25-11-3-1-9(20)5-12(11)21-8-33(27,28)29;1-5(2,3)4/h1-7,21H,8,20H2,(H,22,23,24)(H,27,28,29)(H,30,31,32);1H3,(H,2,3,4). The van der Waals surface area contributed by atoms with Gasteiger partial charge in [-0.25, -0.2) is 0 Å². The van der Waals surface area contributed by atoms with E-state index in [0.29, 0.717) is 6.26 Å². The number of hydrogen-bond acceptors (Lipinski definition) is 13. The number of rotatable bonds is 8. The fourth-order valence-electron chi connectivity index (χ4n) is 2.55. The minimum absolute atomic E-state index is 0.00237.